The molecule has 0 bridgehead atoms. The zero-order chi connectivity index (χ0) is 14.9. The van der Waals surface area contributed by atoms with Crippen LogP contribution in [0.3, 0.4) is 0 Å². The van der Waals surface area contributed by atoms with E-state index < -0.39 is 0 Å². The molecular formula is C15H20BrFN2O. The van der Waals surface area contributed by atoms with Gasteiger partial charge < -0.3 is 10.6 Å². The van der Waals surface area contributed by atoms with E-state index in [0.717, 1.165) is 5.56 Å². The predicted octanol–water partition coefficient (Wildman–Crippen LogP) is 3.24. The first kappa shape index (κ1) is 15.4. The molecule has 2 atom stereocenters. The van der Waals surface area contributed by atoms with Gasteiger partial charge in [-0.2, -0.15) is 0 Å². The highest BCUT2D eigenvalue weighted by atomic mass is 79.9. The van der Waals surface area contributed by atoms with Crippen molar-refractivity contribution in [3.8, 4) is 0 Å². The lowest BCUT2D eigenvalue weighted by molar-refractivity contribution is -0.138. The third-order valence-electron chi connectivity index (χ3n) is 3.60. The van der Waals surface area contributed by atoms with E-state index in [4.69, 9.17) is 5.73 Å². The molecule has 1 aromatic carbocycles. The second kappa shape index (κ2) is 6.22. The van der Waals surface area contributed by atoms with Crippen molar-refractivity contribution in [1.29, 1.82) is 0 Å². The van der Waals surface area contributed by atoms with Crippen LogP contribution in [0.25, 0.3) is 0 Å². The first-order valence-corrected chi connectivity index (χ1v) is 7.69. The van der Waals surface area contributed by atoms with Crippen LogP contribution in [0.2, 0.25) is 0 Å². The molecule has 110 valence electrons. The summed E-state index contributed by atoms with van der Waals surface area (Å²) in [6.07, 6.45) is 1.12. The van der Waals surface area contributed by atoms with Crippen molar-refractivity contribution in [3.63, 3.8) is 0 Å². The predicted molar refractivity (Wildman–Crippen MR) is 80.6 cm³/mol. The summed E-state index contributed by atoms with van der Waals surface area (Å²) in [5.74, 6) is 0.137. The molecule has 0 aliphatic carbocycles. The molecule has 2 N–H and O–H groups in total. The number of carbonyl (C=O) groups excluding carboxylic acids is 1. The smallest absolute Gasteiger partial charge is 0.223 e. The van der Waals surface area contributed by atoms with Gasteiger partial charge in [0.25, 0.3) is 0 Å². The molecule has 1 aliphatic heterocycles. The molecule has 1 aliphatic rings. The van der Waals surface area contributed by atoms with E-state index in [2.05, 4.69) is 29.8 Å². The number of nitrogens with two attached hydrogens (primary N) is 1. The van der Waals surface area contributed by atoms with Crippen LogP contribution in [0.15, 0.2) is 22.7 Å². The molecule has 0 spiro atoms. The van der Waals surface area contributed by atoms with Gasteiger partial charge in [0.05, 0.1) is 10.5 Å². The topological polar surface area (TPSA) is 46.3 Å². The fraction of sp³-hybridized carbons (Fsp3) is 0.533. The highest BCUT2D eigenvalue weighted by Gasteiger charge is 2.35. The molecule has 1 aromatic rings. The van der Waals surface area contributed by atoms with Gasteiger partial charge in [-0.05, 0) is 46.0 Å². The lowest BCUT2D eigenvalue weighted by Gasteiger charge is -2.41. The Morgan fingerprint density at radius 3 is 2.80 bits per heavy atom. The van der Waals surface area contributed by atoms with Gasteiger partial charge in [0.1, 0.15) is 5.82 Å². The highest BCUT2D eigenvalue weighted by molar-refractivity contribution is 9.10. The minimum atomic E-state index is -0.322. The molecule has 3 nitrogen and oxygen atoms in total. The number of carbonyl (C=O) groups is 1. The molecule has 2 rings (SSSR count). The summed E-state index contributed by atoms with van der Waals surface area (Å²) in [5, 5.41) is 0. The Hall–Kier alpha value is -0.940. The van der Waals surface area contributed by atoms with E-state index >= 15 is 0 Å². The van der Waals surface area contributed by atoms with Crippen molar-refractivity contribution in [2.75, 3.05) is 6.54 Å². The standard InChI is InChI=1S/C15H20BrFN2O/c1-9(2)8-19-14(20)6-5-13(18)15(19)10-3-4-11(16)12(17)7-10/h3-4,7,9,13,15H,5-6,8,18H2,1-2H3. The van der Waals surface area contributed by atoms with Gasteiger partial charge in [-0.25, -0.2) is 4.39 Å². The van der Waals surface area contributed by atoms with E-state index in [1.54, 1.807) is 6.07 Å². The number of rotatable bonds is 3. The Balaban J connectivity index is 2.36. The molecule has 1 saturated heterocycles. The Morgan fingerprint density at radius 2 is 2.20 bits per heavy atom. The van der Waals surface area contributed by atoms with Gasteiger partial charge in [-0.3, -0.25) is 4.79 Å². The number of halogens is 2. The van der Waals surface area contributed by atoms with Gasteiger partial charge >= 0.3 is 0 Å². The van der Waals surface area contributed by atoms with E-state index in [1.165, 1.54) is 6.07 Å². The van der Waals surface area contributed by atoms with Crippen LogP contribution in [-0.2, 0) is 4.79 Å². The average molecular weight is 343 g/mol. The van der Waals surface area contributed by atoms with Gasteiger partial charge in [-0.1, -0.05) is 19.9 Å². The van der Waals surface area contributed by atoms with Crippen LogP contribution in [0.5, 0.6) is 0 Å². The Bertz CT molecular complexity index is 507. The summed E-state index contributed by atoms with van der Waals surface area (Å²) in [7, 11) is 0. The second-order valence-corrected chi connectivity index (χ2v) is 6.62. The number of amides is 1. The lowest BCUT2D eigenvalue weighted by Crippen LogP contribution is -2.50. The second-order valence-electron chi connectivity index (χ2n) is 5.76. The summed E-state index contributed by atoms with van der Waals surface area (Å²) in [5.41, 5.74) is 6.97. The van der Waals surface area contributed by atoms with Crippen molar-refractivity contribution in [3.05, 3.63) is 34.1 Å². The number of likely N-dealkylation sites (tertiary alicyclic amines) is 1. The summed E-state index contributed by atoms with van der Waals surface area (Å²) >= 11 is 3.15. The molecule has 0 radical (unpaired) electrons. The fourth-order valence-corrected chi connectivity index (χ4v) is 2.96. The molecule has 0 aromatic heterocycles. The van der Waals surface area contributed by atoms with Crippen LogP contribution in [0.4, 0.5) is 4.39 Å². The fourth-order valence-electron chi connectivity index (χ4n) is 2.71. The van der Waals surface area contributed by atoms with Crippen LogP contribution in [0.1, 0.15) is 38.3 Å². The maximum Gasteiger partial charge on any atom is 0.223 e. The zero-order valence-corrected chi connectivity index (χ0v) is 13.4. The third kappa shape index (κ3) is 3.20. The van der Waals surface area contributed by atoms with Crippen LogP contribution >= 0.6 is 15.9 Å². The Morgan fingerprint density at radius 1 is 1.50 bits per heavy atom. The first-order valence-electron chi connectivity index (χ1n) is 6.90. The number of benzene rings is 1. The molecule has 20 heavy (non-hydrogen) atoms. The minimum absolute atomic E-state index is 0.105. The largest absolute Gasteiger partial charge is 0.334 e. The molecular weight excluding hydrogens is 323 g/mol. The molecule has 1 amide bonds. The van der Waals surface area contributed by atoms with E-state index in [1.807, 2.05) is 11.0 Å². The van der Waals surface area contributed by atoms with Crippen LogP contribution < -0.4 is 5.73 Å². The zero-order valence-electron chi connectivity index (χ0n) is 11.8. The van der Waals surface area contributed by atoms with Gasteiger partial charge in [-0.15, -0.1) is 0 Å². The quantitative estimate of drug-likeness (QED) is 0.916. The van der Waals surface area contributed by atoms with E-state index in [-0.39, 0.29) is 23.8 Å². The van der Waals surface area contributed by atoms with E-state index in [0.29, 0.717) is 29.8 Å². The van der Waals surface area contributed by atoms with Crippen molar-refractivity contribution >= 4 is 21.8 Å². The van der Waals surface area contributed by atoms with Crippen molar-refractivity contribution in [1.82, 2.24) is 4.90 Å². The monoisotopic (exact) mass is 342 g/mol. The normalized spacial score (nSPS) is 23.5. The Kier molecular flexibility index (Phi) is 4.81. The molecule has 1 heterocycles. The highest BCUT2D eigenvalue weighted by Crippen LogP contribution is 2.33. The van der Waals surface area contributed by atoms with Gasteiger partial charge in [0, 0.05) is 19.0 Å². The molecule has 1 fully saturated rings. The lowest BCUT2D eigenvalue weighted by atomic mass is 9.90. The maximum atomic E-state index is 13.8. The summed E-state index contributed by atoms with van der Waals surface area (Å²) in [6, 6.07) is 4.60. The number of piperidine rings is 1. The van der Waals surface area contributed by atoms with Crippen molar-refractivity contribution in [2.45, 2.75) is 38.8 Å². The summed E-state index contributed by atoms with van der Waals surface area (Å²) < 4.78 is 14.2. The number of hydrogen-bond donors (Lipinski definition) is 1. The molecule has 0 saturated carbocycles. The minimum Gasteiger partial charge on any atom is -0.334 e. The third-order valence-corrected chi connectivity index (χ3v) is 4.24. The number of nitrogens with zero attached hydrogens (tertiary/aromatic N) is 1. The molecule has 5 heteroatoms. The Labute approximate surface area is 127 Å². The van der Waals surface area contributed by atoms with Gasteiger partial charge in [0.15, 0.2) is 0 Å². The van der Waals surface area contributed by atoms with Crippen LogP contribution in [-0.4, -0.2) is 23.4 Å². The average Bonchev–Trinajstić information content (AvgIpc) is 2.37. The van der Waals surface area contributed by atoms with E-state index in [9.17, 15) is 9.18 Å². The summed E-state index contributed by atoms with van der Waals surface area (Å²) in [6.45, 7) is 4.77. The maximum absolute atomic E-state index is 13.8. The van der Waals surface area contributed by atoms with Crippen molar-refractivity contribution < 1.29 is 9.18 Å². The SMILES string of the molecule is CC(C)CN1C(=O)CCC(N)C1c1ccc(Br)c(F)c1. The van der Waals surface area contributed by atoms with Crippen LogP contribution in [0, 0.1) is 11.7 Å². The first-order chi connectivity index (χ1) is 9.40. The van der Waals surface area contributed by atoms with Gasteiger partial charge in [0.2, 0.25) is 5.91 Å². The summed E-state index contributed by atoms with van der Waals surface area (Å²) in [4.78, 5) is 14.0. The number of hydrogen-bond acceptors (Lipinski definition) is 2. The molecule has 2 unspecified atom stereocenters. The van der Waals surface area contributed by atoms with Crippen molar-refractivity contribution in [2.24, 2.45) is 11.7 Å².